The zero-order chi connectivity index (χ0) is 8.10. The van der Waals surface area contributed by atoms with Crippen molar-refractivity contribution in [3.05, 3.63) is 0 Å². The molecule has 63 valence electrons. The van der Waals surface area contributed by atoms with Gasteiger partial charge in [-0.05, 0) is 25.2 Å². The van der Waals surface area contributed by atoms with Gasteiger partial charge in [-0.25, -0.2) is 5.32 Å². The summed E-state index contributed by atoms with van der Waals surface area (Å²) in [6, 6.07) is 0. The second-order valence-corrected chi connectivity index (χ2v) is 3.05. The fourth-order valence-electron chi connectivity index (χ4n) is 1.42. The molecule has 1 saturated heterocycles. The standard InChI is InChI=1S/C8H14NO2/c10-8(11)2-1-7-3-5-9-6-4-7/h7H,1-6H2,(H,10,11). The van der Waals surface area contributed by atoms with Crippen LogP contribution in [0.4, 0.5) is 0 Å². The molecule has 1 aliphatic rings. The van der Waals surface area contributed by atoms with Crippen LogP contribution in [0.5, 0.6) is 0 Å². The Morgan fingerprint density at radius 3 is 2.64 bits per heavy atom. The lowest BCUT2D eigenvalue weighted by molar-refractivity contribution is -0.137. The van der Waals surface area contributed by atoms with E-state index in [-0.39, 0.29) is 0 Å². The summed E-state index contributed by atoms with van der Waals surface area (Å²) in [6.45, 7) is 1.87. The Morgan fingerprint density at radius 2 is 2.09 bits per heavy atom. The van der Waals surface area contributed by atoms with Crippen molar-refractivity contribution in [3.8, 4) is 0 Å². The number of hydrogen-bond acceptors (Lipinski definition) is 1. The molecule has 1 rings (SSSR count). The van der Waals surface area contributed by atoms with Gasteiger partial charge in [-0.1, -0.05) is 0 Å². The Kier molecular flexibility index (Phi) is 3.36. The van der Waals surface area contributed by atoms with Gasteiger partial charge in [0, 0.05) is 19.5 Å². The molecule has 1 N–H and O–H groups in total. The number of carboxylic acids is 1. The zero-order valence-corrected chi connectivity index (χ0v) is 6.62. The summed E-state index contributed by atoms with van der Waals surface area (Å²) < 4.78 is 0. The smallest absolute Gasteiger partial charge is 0.303 e. The van der Waals surface area contributed by atoms with Crippen LogP contribution in [0.3, 0.4) is 0 Å². The molecule has 0 bridgehead atoms. The van der Waals surface area contributed by atoms with Crippen LogP contribution >= 0.6 is 0 Å². The van der Waals surface area contributed by atoms with Crippen LogP contribution in [0, 0.1) is 5.92 Å². The molecular weight excluding hydrogens is 142 g/mol. The van der Waals surface area contributed by atoms with Gasteiger partial charge in [-0.3, -0.25) is 4.79 Å². The Morgan fingerprint density at radius 1 is 1.45 bits per heavy atom. The Labute approximate surface area is 66.8 Å². The summed E-state index contributed by atoms with van der Waals surface area (Å²) in [5, 5.41) is 12.6. The molecule has 0 saturated carbocycles. The predicted molar refractivity (Wildman–Crippen MR) is 41.5 cm³/mol. The van der Waals surface area contributed by atoms with Gasteiger partial charge in [-0.2, -0.15) is 0 Å². The van der Waals surface area contributed by atoms with Crippen molar-refractivity contribution in [2.45, 2.75) is 25.7 Å². The van der Waals surface area contributed by atoms with Crippen LogP contribution < -0.4 is 5.32 Å². The number of aliphatic carboxylic acids is 1. The van der Waals surface area contributed by atoms with Crippen molar-refractivity contribution in [2.24, 2.45) is 5.92 Å². The van der Waals surface area contributed by atoms with E-state index in [1.165, 1.54) is 0 Å². The maximum atomic E-state index is 10.2. The van der Waals surface area contributed by atoms with Gasteiger partial charge < -0.3 is 5.11 Å². The van der Waals surface area contributed by atoms with E-state index in [1.807, 2.05) is 0 Å². The Balaban J connectivity index is 2.09. The van der Waals surface area contributed by atoms with Crippen molar-refractivity contribution >= 4 is 5.97 Å². The third kappa shape index (κ3) is 3.37. The third-order valence-electron chi connectivity index (χ3n) is 2.16. The number of piperidine rings is 1. The molecule has 0 aromatic rings. The highest BCUT2D eigenvalue weighted by Crippen LogP contribution is 2.17. The molecule has 0 aliphatic carbocycles. The van der Waals surface area contributed by atoms with Gasteiger partial charge in [0.05, 0.1) is 0 Å². The van der Waals surface area contributed by atoms with Crippen molar-refractivity contribution in [2.75, 3.05) is 13.1 Å². The van der Waals surface area contributed by atoms with Crippen LogP contribution in [0.2, 0.25) is 0 Å². The Bertz CT molecular complexity index is 130. The fraction of sp³-hybridized carbons (Fsp3) is 0.875. The van der Waals surface area contributed by atoms with Crippen molar-refractivity contribution < 1.29 is 9.90 Å². The highest BCUT2D eigenvalue weighted by molar-refractivity contribution is 5.66. The zero-order valence-electron chi connectivity index (χ0n) is 6.62. The van der Waals surface area contributed by atoms with E-state index in [1.54, 1.807) is 0 Å². The van der Waals surface area contributed by atoms with Gasteiger partial charge in [0.15, 0.2) is 0 Å². The molecule has 1 fully saturated rings. The topological polar surface area (TPSA) is 51.4 Å². The molecule has 0 unspecified atom stereocenters. The van der Waals surface area contributed by atoms with Gasteiger partial charge >= 0.3 is 5.97 Å². The summed E-state index contributed by atoms with van der Waals surface area (Å²) in [5.41, 5.74) is 0. The van der Waals surface area contributed by atoms with E-state index >= 15 is 0 Å². The number of nitrogens with zero attached hydrogens (tertiary/aromatic N) is 1. The maximum Gasteiger partial charge on any atom is 0.303 e. The molecule has 0 amide bonds. The molecule has 11 heavy (non-hydrogen) atoms. The van der Waals surface area contributed by atoms with Gasteiger partial charge in [0.1, 0.15) is 0 Å². The minimum absolute atomic E-state index is 0.324. The first-order chi connectivity index (χ1) is 5.29. The largest absolute Gasteiger partial charge is 0.481 e. The van der Waals surface area contributed by atoms with E-state index in [9.17, 15) is 4.79 Å². The summed E-state index contributed by atoms with van der Waals surface area (Å²) in [6.07, 6.45) is 3.34. The van der Waals surface area contributed by atoms with Crippen molar-refractivity contribution in [1.29, 1.82) is 0 Å². The van der Waals surface area contributed by atoms with Gasteiger partial charge in [0.25, 0.3) is 0 Å². The monoisotopic (exact) mass is 156 g/mol. The average Bonchev–Trinajstić information content (AvgIpc) is 2.03. The highest BCUT2D eigenvalue weighted by Gasteiger charge is 2.14. The van der Waals surface area contributed by atoms with E-state index < -0.39 is 5.97 Å². The SMILES string of the molecule is O=C(O)CCC1CC[N]CC1. The molecule has 3 nitrogen and oxygen atoms in total. The second-order valence-electron chi connectivity index (χ2n) is 3.05. The number of carboxylic acid groups (broad SMARTS) is 1. The summed E-state index contributed by atoms with van der Waals surface area (Å²) in [4.78, 5) is 10.2. The van der Waals surface area contributed by atoms with Crippen LogP contribution in [-0.2, 0) is 4.79 Å². The third-order valence-corrected chi connectivity index (χ3v) is 2.16. The van der Waals surface area contributed by atoms with E-state index in [4.69, 9.17) is 5.11 Å². The quantitative estimate of drug-likeness (QED) is 0.659. The first-order valence-corrected chi connectivity index (χ1v) is 4.14. The first-order valence-electron chi connectivity index (χ1n) is 4.14. The molecule has 3 heteroatoms. The van der Waals surface area contributed by atoms with Crippen LogP contribution in [0.15, 0.2) is 0 Å². The van der Waals surface area contributed by atoms with Crippen molar-refractivity contribution in [1.82, 2.24) is 5.32 Å². The molecule has 0 aromatic carbocycles. The fourth-order valence-corrected chi connectivity index (χ4v) is 1.42. The van der Waals surface area contributed by atoms with E-state index in [2.05, 4.69) is 5.32 Å². The molecule has 0 spiro atoms. The first kappa shape index (κ1) is 8.53. The molecule has 1 aliphatic heterocycles. The lowest BCUT2D eigenvalue weighted by atomic mass is 9.93. The van der Waals surface area contributed by atoms with Crippen LogP contribution in [-0.4, -0.2) is 24.2 Å². The van der Waals surface area contributed by atoms with Crippen LogP contribution in [0.1, 0.15) is 25.7 Å². The molecule has 1 radical (unpaired) electrons. The summed E-state index contributed by atoms with van der Waals surface area (Å²) in [5.74, 6) is -0.0592. The number of hydrogen-bond donors (Lipinski definition) is 1. The summed E-state index contributed by atoms with van der Waals surface area (Å²) in [7, 11) is 0. The normalized spacial score (nSPS) is 20.0. The minimum Gasteiger partial charge on any atom is -0.481 e. The highest BCUT2D eigenvalue weighted by atomic mass is 16.4. The molecular formula is C8H14NO2. The number of rotatable bonds is 3. The van der Waals surface area contributed by atoms with Crippen LogP contribution in [0.25, 0.3) is 0 Å². The summed E-state index contributed by atoms with van der Waals surface area (Å²) >= 11 is 0. The van der Waals surface area contributed by atoms with Crippen molar-refractivity contribution in [3.63, 3.8) is 0 Å². The predicted octanol–water partition coefficient (Wildman–Crippen LogP) is 0.866. The molecule has 1 heterocycles. The maximum absolute atomic E-state index is 10.2. The van der Waals surface area contributed by atoms with Gasteiger partial charge in [0.2, 0.25) is 0 Å². The average molecular weight is 156 g/mol. The van der Waals surface area contributed by atoms with Gasteiger partial charge in [-0.15, -0.1) is 0 Å². The molecule has 0 atom stereocenters. The van der Waals surface area contributed by atoms with E-state index in [0.717, 1.165) is 32.4 Å². The second kappa shape index (κ2) is 4.34. The Hall–Kier alpha value is -0.570. The lowest BCUT2D eigenvalue weighted by Crippen LogP contribution is -2.22. The molecule has 0 aromatic heterocycles. The minimum atomic E-state index is -0.674. The van der Waals surface area contributed by atoms with E-state index in [0.29, 0.717) is 12.3 Å². The lowest BCUT2D eigenvalue weighted by Gasteiger charge is -2.20. The number of carbonyl (C=O) groups is 1.